The lowest BCUT2D eigenvalue weighted by Gasteiger charge is -2.14. The van der Waals surface area contributed by atoms with Crippen molar-refractivity contribution in [3.63, 3.8) is 0 Å². The molecule has 2 amide bonds. The number of hydrogen-bond acceptors (Lipinski definition) is 7. The molecule has 1 heterocycles. The third-order valence-electron chi connectivity index (χ3n) is 5.54. The van der Waals surface area contributed by atoms with Crippen LogP contribution in [0.1, 0.15) is 34.0 Å². The third-order valence-corrected chi connectivity index (χ3v) is 5.54. The zero-order valence-electron chi connectivity index (χ0n) is 18.3. The Bertz CT molecular complexity index is 1160. The Morgan fingerprint density at radius 1 is 1.09 bits per heavy atom. The molecule has 0 fully saturated rings. The summed E-state index contributed by atoms with van der Waals surface area (Å²) in [6.07, 6.45) is -1.69. The number of aromatic nitrogens is 1. The molecule has 4 rings (SSSR count). The standard InChI is InChI=1S/C24H23N3O7/c1-32-14(10-22(28)29)12-25-23(30)20-11-21(34-27-20)26-24(31)33-13-19-17-8-4-2-6-15(17)16-7-3-5-9-18(16)19/h2-9,11,14,19H,10,12-13H2,1H3,(H,25,30)(H,26,31)(H,28,29). The maximum Gasteiger partial charge on any atom is 0.414 e. The molecule has 2 aromatic carbocycles. The van der Waals surface area contributed by atoms with Gasteiger partial charge < -0.3 is 24.4 Å². The molecule has 1 aliphatic carbocycles. The lowest BCUT2D eigenvalue weighted by Crippen LogP contribution is -2.34. The summed E-state index contributed by atoms with van der Waals surface area (Å²) in [7, 11) is 1.35. The largest absolute Gasteiger partial charge is 0.481 e. The third kappa shape index (κ3) is 5.07. The molecule has 34 heavy (non-hydrogen) atoms. The fourth-order valence-corrected chi connectivity index (χ4v) is 3.91. The Morgan fingerprint density at radius 2 is 1.74 bits per heavy atom. The summed E-state index contributed by atoms with van der Waals surface area (Å²) in [6.45, 7) is 0.104. The molecule has 10 nitrogen and oxygen atoms in total. The number of ether oxygens (including phenoxy) is 2. The van der Waals surface area contributed by atoms with Gasteiger partial charge in [-0.05, 0) is 22.3 Å². The molecular weight excluding hydrogens is 442 g/mol. The second-order valence-corrected chi connectivity index (χ2v) is 7.69. The first-order valence-corrected chi connectivity index (χ1v) is 10.6. The summed E-state index contributed by atoms with van der Waals surface area (Å²) in [5, 5.41) is 17.4. The van der Waals surface area contributed by atoms with E-state index in [4.69, 9.17) is 19.1 Å². The van der Waals surface area contributed by atoms with Crippen LogP contribution in [0.2, 0.25) is 0 Å². The molecule has 3 N–H and O–H groups in total. The molecule has 176 valence electrons. The van der Waals surface area contributed by atoms with Gasteiger partial charge in [-0.1, -0.05) is 53.7 Å². The smallest absolute Gasteiger partial charge is 0.414 e. The molecule has 0 saturated carbocycles. The van der Waals surface area contributed by atoms with Gasteiger partial charge in [0.25, 0.3) is 5.91 Å². The van der Waals surface area contributed by atoms with E-state index < -0.39 is 24.1 Å². The molecule has 0 saturated heterocycles. The van der Waals surface area contributed by atoms with Crippen LogP contribution >= 0.6 is 0 Å². The summed E-state index contributed by atoms with van der Waals surface area (Å²) < 4.78 is 15.4. The Kier molecular flexibility index (Phi) is 6.88. The van der Waals surface area contributed by atoms with Gasteiger partial charge in [0.1, 0.15) is 6.61 Å². The molecule has 1 aromatic heterocycles. The van der Waals surface area contributed by atoms with Crippen LogP contribution < -0.4 is 10.6 Å². The van der Waals surface area contributed by atoms with Gasteiger partial charge in [0, 0.05) is 25.6 Å². The van der Waals surface area contributed by atoms with Crippen molar-refractivity contribution < 1.29 is 33.5 Å². The van der Waals surface area contributed by atoms with Gasteiger partial charge in [-0.2, -0.15) is 0 Å². The second kappa shape index (κ2) is 10.2. The van der Waals surface area contributed by atoms with Crippen LogP contribution in [0.4, 0.5) is 10.7 Å². The van der Waals surface area contributed by atoms with Gasteiger partial charge in [0.15, 0.2) is 5.69 Å². The van der Waals surface area contributed by atoms with E-state index in [0.29, 0.717) is 0 Å². The van der Waals surface area contributed by atoms with Crippen molar-refractivity contribution in [2.75, 3.05) is 25.6 Å². The summed E-state index contributed by atoms with van der Waals surface area (Å²) in [5.74, 6) is -1.79. The average molecular weight is 465 g/mol. The van der Waals surface area contributed by atoms with Crippen molar-refractivity contribution in [2.45, 2.75) is 18.4 Å². The van der Waals surface area contributed by atoms with Crippen molar-refractivity contribution in [1.29, 1.82) is 0 Å². The zero-order chi connectivity index (χ0) is 24.1. The number of aliphatic carboxylic acids is 1. The lowest BCUT2D eigenvalue weighted by molar-refractivity contribution is -0.139. The number of carbonyl (C=O) groups is 3. The minimum Gasteiger partial charge on any atom is -0.481 e. The highest BCUT2D eigenvalue weighted by molar-refractivity contribution is 5.93. The van der Waals surface area contributed by atoms with Gasteiger partial charge in [0.2, 0.25) is 5.88 Å². The van der Waals surface area contributed by atoms with E-state index in [1.54, 1.807) is 0 Å². The van der Waals surface area contributed by atoms with Crippen LogP contribution in [-0.4, -0.2) is 54.6 Å². The first-order valence-electron chi connectivity index (χ1n) is 10.6. The Labute approximate surface area is 194 Å². The zero-order valence-corrected chi connectivity index (χ0v) is 18.3. The Balaban J connectivity index is 1.32. The predicted octanol–water partition coefficient (Wildman–Crippen LogP) is 3.26. The number of carbonyl (C=O) groups excluding carboxylic acids is 2. The SMILES string of the molecule is COC(CNC(=O)c1cc(NC(=O)OCC2c3ccccc3-c3ccccc32)on1)CC(=O)O. The fraction of sp³-hybridized carbons (Fsp3) is 0.250. The summed E-state index contributed by atoms with van der Waals surface area (Å²) in [4.78, 5) is 35.3. The maximum absolute atomic E-state index is 12.3. The summed E-state index contributed by atoms with van der Waals surface area (Å²) in [5.41, 5.74) is 4.34. The van der Waals surface area contributed by atoms with E-state index in [1.165, 1.54) is 13.2 Å². The normalized spacial score (nSPS) is 13.0. The topological polar surface area (TPSA) is 140 Å². The number of nitrogens with zero attached hydrogens (tertiary/aromatic N) is 1. The number of carboxylic acids is 1. The van der Waals surface area contributed by atoms with E-state index in [0.717, 1.165) is 22.3 Å². The first-order chi connectivity index (χ1) is 16.5. The first kappa shape index (κ1) is 23.0. The van der Waals surface area contributed by atoms with Crippen LogP contribution in [0.3, 0.4) is 0 Å². The highest BCUT2D eigenvalue weighted by Crippen LogP contribution is 2.44. The quantitative estimate of drug-likeness (QED) is 0.437. The predicted molar refractivity (Wildman–Crippen MR) is 121 cm³/mol. The Hall–Kier alpha value is -4.18. The molecule has 0 bridgehead atoms. The van der Waals surface area contributed by atoms with Gasteiger partial charge in [-0.3, -0.25) is 14.9 Å². The number of rotatable bonds is 9. The number of fused-ring (bicyclic) bond motifs is 3. The van der Waals surface area contributed by atoms with E-state index in [9.17, 15) is 14.4 Å². The monoisotopic (exact) mass is 465 g/mol. The van der Waals surface area contributed by atoms with Crippen molar-refractivity contribution in [3.05, 3.63) is 71.4 Å². The summed E-state index contributed by atoms with van der Waals surface area (Å²) in [6, 6.07) is 17.2. The molecule has 3 aromatic rings. The van der Waals surface area contributed by atoms with Crippen LogP contribution in [0.15, 0.2) is 59.1 Å². The van der Waals surface area contributed by atoms with Crippen molar-refractivity contribution >= 4 is 23.9 Å². The molecule has 10 heteroatoms. The maximum atomic E-state index is 12.3. The highest BCUT2D eigenvalue weighted by Gasteiger charge is 2.29. The number of amides is 2. The molecule has 1 aliphatic rings. The molecule has 1 unspecified atom stereocenters. The van der Waals surface area contributed by atoms with Crippen molar-refractivity contribution in [1.82, 2.24) is 10.5 Å². The van der Waals surface area contributed by atoms with E-state index in [-0.39, 0.29) is 37.1 Å². The number of carboxylic acid groups (broad SMARTS) is 1. The molecular formula is C24H23N3O7. The highest BCUT2D eigenvalue weighted by atomic mass is 16.6. The molecule has 0 radical (unpaired) electrons. The van der Waals surface area contributed by atoms with E-state index >= 15 is 0 Å². The van der Waals surface area contributed by atoms with Gasteiger partial charge in [0.05, 0.1) is 12.5 Å². The van der Waals surface area contributed by atoms with E-state index in [1.807, 2.05) is 48.5 Å². The molecule has 0 spiro atoms. The molecule has 1 atom stereocenters. The van der Waals surface area contributed by atoms with Crippen molar-refractivity contribution in [2.24, 2.45) is 0 Å². The van der Waals surface area contributed by atoms with Crippen LogP contribution in [0, 0.1) is 0 Å². The Morgan fingerprint density at radius 3 is 2.35 bits per heavy atom. The fourth-order valence-electron chi connectivity index (χ4n) is 3.91. The van der Waals surface area contributed by atoms with Gasteiger partial charge >= 0.3 is 12.1 Å². The number of hydrogen-bond donors (Lipinski definition) is 3. The van der Waals surface area contributed by atoms with Gasteiger partial charge in [-0.25, -0.2) is 4.79 Å². The number of nitrogens with one attached hydrogen (secondary N) is 2. The van der Waals surface area contributed by atoms with Gasteiger partial charge in [-0.15, -0.1) is 0 Å². The molecule has 0 aliphatic heterocycles. The summed E-state index contributed by atoms with van der Waals surface area (Å²) >= 11 is 0. The van der Waals surface area contributed by atoms with Crippen LogP contribution in [0.5, 0.6) is 0 Å². The number of methoxy groups -OCH3 is 1. The van der Waals surface area contributed by atoms with Crippen molar-refractivity contribution in [3.8, 4) is 11.1 Å². The minimum absolute atomic E-state index is 0.0242. The number of benzene rings is 2. The van der Waals surface area contributed by atoms with Crippen LogP contribution in [0.25, 0.3) is 11.1 Å². The minimum atomic E-state index is -1.04. The average Bonchev–Trinajstić information content (AvgIpc) is 3.42. The second-order valence-electron chi connectivity index (χ2n) is 7.69. The van der Waals surface area contributed by atoms with Crippen LogP contribution in [-0.2, 0) is 14.3 Å². The van der Waals surface area contributed by atoms with E-state index in [2.05, 4.69) is 15.8 Å². The lowest BCUT2D eigenvalue weighted by atomic mass is 9.98. The number of anilines is 1.